The Morgan fingerprint density at radius 2 is 1.92 bits per heavy atom. The number of nitrogens with one attached hydrogen (secondary N) is 2. The van der Waals surface area contributed by atoms with E-state index in [2.05, 4.69) is 20.0 Å². The van der Waals surface area contributed by atoms with Gasteiger partial charge in [-0.25, -0.2) is 4.98 Å². The fraction of sp³-hybridized carbons (Fsp3) is 0.222. The van der Waals surface area contributed by atoms with Crippen LogP contribution in [-0.2, 0) is 4.79 Å². The molecule has 1 amide bonds. The quantitative estimate of drug-likeness (QED) is 0.720. The Labute approximate surface area is 146 Å². The predicted octanol–water partition coefficient (Wildman–Crippen LogP) is 4.48. The number of amides is 1. The average Bonchev–Trinajstić information content (AvgIpc) is 3.35. The summed E-state index contributed by atoms with van der Waals surface area (Å²) in [5, 5.41) is 3.38. The molecule has 0 saturated heterocycles. The Kier molecular flexibility index (Phi) is 3.82. The molecule has 1 aliphatic carbocycles. The third-order valence-electron chi connectivity index (χ3n) is 4.14. The molecule has 0 radical (unpaired) electrons. The van der Waals surface area contributed by atoms with Crippen LogP contribution in [0.3, 0.4) is 0 Å². The first-order chi connectivity index (χ1) is 12.4. The molecule has 0 atom stereocenters. The molecule has 1 saturated carbocycles. The minimum absolute atomic E-state index is 0.0538. The first kappa shape index (κ1) is 16.4. The molecule has 0 aliphatic heterocycles. The van der Waals surface area contributed by atoms with Gasteiger partial charge in [0.2, 0.25) is 5.91 Å². The summed E-state index contributed by atoms with van der Waals surface area (Å²) in [6, 6.07) is 9.26. The Morgan fingerprint density at radius 1 is 1.15 bits per heavy atom. The zero-order chi connectivity index (χ0) is 18.3. The van der Waals surface area contributed by atoms with Crippen molar-refractivity contribution in [3.05, 3.63) is 42.6 Å². The number of pyridine rings is 1. The molecule has 2 aromatic heterocycles. The van der Waals surface area contributed by atoms with Gasteiger partial charge in [0.1, 0.15) is 17.2 Å². The summed E-state index contributed by atoms with van der Waals surface area (Å²) < 4.78 is 42.0. The van der Waals surface area contributed by atoms with Gasteiger partial charge in [0.25, 0.3) is 0 Å². The van der Waals surface area contributed by atoms with E-state index in [0.717, 1.165) is 12.8 Å². The van der Waals surface area contributed by atoms with Gasteiger partial charge in [-0.15, -0.1) is 13.2 Å². The Balaban J connectivity index is 1.69. The van der Waals surface area contributed by atoms with E-state index >= 15 is 0 Å². The molecule has 1 fully saturated rings. The van der Waals surface area contributed by atoms with Crippen molar-refractivity contribution in [1.82, 2.24) is 9.97 Å². The highest BCUT2D eigenvalue weighted by Crippen LogP contribution is 2.37. The fourth-order valence-electron chi connectivity index (χ4n) is 2.77. The van der Waals surface area contributed by atoms with Crippen molar-refractivity contribution in [2.45, 2.75) is 19.2 Å². The van der Waals surface area contributed by atoms with Gasteiger partial charge in [-0.2, -0.15) is 0 Å². The lowest BCUT2D eigenvalue weighted by Gasteiger charge is -2.12. The number of nitrogens with zero attached hydrogens (tertiary/aromatic N) is 1. The van der Waals surface area contributed by atoms with Crippen molar-refractivity contribution in [1.29, 1.82) is 0 Å². The van der Waals surface area contributed by atoms with E-state index in [9.17, 15) is 18.0 Å². The molecule has 5 nitrogen and oxygen atoms in total. The van der Waals surface area contributed by atoms with Crippen molar-refractivity contribution in [2.24, 2.45) is 5.92 Å². The third-order valence-corrected chi connectivity index (χ3v) is 4.14. The number of fused-ring (bicyclic) bond motifs is 1. The van der Waals surface area contributed by atoms with Gasteiger partial charge in [-0.1, -0.05) is 18.2 Å². The maximum absolute atomic E-state index is 12.6. The SMILES string of the molecule is O=C(Nc1ccc2c(-c3ccccc3OC(F)(F)F)c[nH]c2n1)C1CC1. The second-order valence-corrected chi connectivity index (χ2v) is 6.10. The van der Waals surface area contributed by atoms with Crippen LogP contribution in [0, 0.1) is 5.92 Å². The summed E-state index contributed by atoms with van der Waals surface area (Å²) >= 11 is 0. The smallest absolute Gasteiger partial charge is 0.405 e. The monoisotopic (exact) mass is 361 g/mol. The Hall–Kier alpha value is -3.03. The molecule has 0 unspecified atom stereocenters. The van der Waals surface area contributed by atoms with Crippen molar-refractivity contribution >= 4 is 22.8 Å². The maximum atomic E-state index is 12.6. The first-order valence-electron chi connectivity index (χ1n) is 8.05. The van der Waals surface area contributed by atoms with E-state index in [1.807, 2.05) is 0 Å². The van der Waals surface area contributed by atoms with Crippen molar-refractivity contribution < 1.29 is 22.7 Å². The van der Waals surface area contributed by atoms with Gasteiger partial charge >= 0.3 is 6.36 Å². The van der Waals surface area contributed by atoms with Crippen molar-refractivity contribution in [3.8, 4) is 16.9 Å². The normalized spacial score (nSPS) is 14.4. The molecule has 8 heteroatoms. The maximum Gasteiger partial charge on any atom is 0.573 e. The lowest BCUT2D eigenvalue weighted by Crippen LogP contribution is -2.17. The highest BCUT2D eigenvalue weighted by Gasteiger charge is 2.32. The van der Waals surface area contributed by atoms with Gasteiger partial charge in [0.15, 0.2) is 0 Å². The van der Waals surface area contributed by atoms with Crippen LogP contribution in [0.1, 0.15) is 12.8 Å². The van der Waals surface area contributed by atoms with Crippen LogP contribution in [0.4, 0.5) is 19.0 Å². The second-order valence-electron chi connectivity index (χ2n) is 6.10. The number of ether oxygens (including phenoxy) is 1. The number of H-pyrrole nitrogens is 1. The summed E-state index contributed by atoms with van der Waals surface area (Å²) in [6.07, 6.45) is -1.43. The number of alkyl halides is 3. The van der Waals surface area contributed by atoms with E-state index < -0.39 is 6.36 Å². The fourth-order valence-corrected chi connectivity index (χ4v) is 2.77. The van der Waals surface area contributed by atoms with Crippen molar-refractivity contribution in [3.63, 3.8) is 0 Å². The summed E-state index contributed by atoms with van der Waals surface area (Å²) in [4.78, 5) is 19.1. The van der Waals surface area contributed by atoms with Gasteiger partial charge in [-0.05, 0) is 31.0 Å². The summed E-state index contributed by atoms with van der Waals surface area (Å²) in [6.45, 7) is 0. The number of hydrogen-bond donors (Lipinski definition) is 2. The van der Waals surface area contributed by atoms with Crippen molar-refractivity contribution in [2.75, 3.05) is 5.32 Å². The van der Waals surface area contributed by atoms with Crippen LogP contribution in [0.5, 0.6) is 5.75 Å². The molecular formula is C18H14F3N3O2. The summed E-state index contributed by atoms with van der Waals surface area (Å²) in [7, 11) is 0. The molecule has 2 heterocycles. The van der Waals surface area contributed by atoms with Crippen LogP contribution < -0.4 is 10.1 Å². The molecular weight excluding hydrogens is 347 g/mol. The van der Waals surface area contributed by atoms with E-state index in [0.29, 0.717) is 28.0 Å². The number of aromatic amines is 1. The molecule has 3 aromatic rings. The van der Waals surface area contributed by atoms with E-state index in [4.69, 9.17) is 0 Å². The number of halogens is 3. The number of para-hydroxylation sites is 1. The molecule has 2 N–H and O–H groups in total. The average molecular weight is 361 g/mol. The Bertz CT molecular complexity index is 977. The summed E-state index contributed by atoms with van der Waals surface area (Å²) in [5.74, 6) is 0.111. The molecule has 4 rings (SSSR count). The number of rotatable bonds is 4. The number of carbonyl (C=O) groups is 1. The van der Waals surface area contributed by atoms with Crippen LogP contribution >= 0.6 is 0 Å². The standard InChI is InChI=1S/C18H14F3N3O2/c19-18(20,21)26-14-4-2-1-3-11(14)13-9-22-16-12(13)7-8-15(23-16)24-17(25)10-5-6-10/h1-4,7-10H,5-6H2,(H2,22,23,24,25). The van der Waals surface area contributed by atoms with Crippen LogP contribution in [0.15, 0.2) is 42.6 Å². The predicted molar refractivity (Wildman–Crippen MR) is 89.6 cm³/mol. The largest absolute Gasteiger partial charge is 0.573 e. The molecule has 26 heavy (non-hydrogen) atoms. The topological polar surface area (TPSA) is 67.0 Å². The molecule has 0 spiro atoms. The molecule has 1 aliphatic rings. The number of benzene rings is 1. The second kappa shape index (κ2) is 6.05. The third kappa shape index (κ3) is 3.35. The van der Waals surface area contributed by atoms with Gasteiger partial charge in [0, 0.05) is 28.6 Å². The zero-order valence-electron chi connectivity index (χ0n) is 13.4. The van der Waals surface area contributed by atoms with Crippen LogP contribution in [0.2, 0.25) is 0 Å². The first-order valence-corrected chi connectivity index (χ1v) is 8.05. The Morgan fingerprint density at radius 3 is 2.65 bits per heavy atom. The molecule has 1 aromatic carbocycles. The van der Waals surface area contributed by atoms with Gasteiger partial charge in [-0.3, -0.25) is 4.79 Å². The van der Waals surface area contributed by atoms with E-state index in [1.54, 1.807) is 30.5 Å². The molecule has 134 valence electrons. The highest BCUT2D eigenvalue weighted by molar-refractivity contribution is 5.98. The number of anilines is 1. The minimum atomic E-state index is -4.78. The van der Waals surface area contributed by atoms with Crippen LogP contribution in [0.25, 0.3) is 22.2 Å². The van der Waals surface area contributed by atoms with Gasteiger partial charge < -0.3 is 15.0 Å². The lowest BCUT2D eigenvalue weighted by molar-refractivity contribution is -0.274. The van der Waals surface area contributed by atoms with Gasteiger partial charge in [0.05, 0.1) is 0 Å². The number of carbonyl (C=O) groups excluding carboxylic acids is 1. The zero-order valence-corrected chi connectivity index (χ0v) is 13.4. The molecule has 0 bridgehead atoms. The highest BCUT2D eigenvalue weighted by atomic mass is 19.4. The van der Waals surface area contributed by atoms with E-state index in [-0.39, 0.29) is 17.6 Å². The lowest BCUT2D eigenvalue weighted by atomic mass is 10.0. The van der Waals surface area contributed by atoms with E-state index in [1.165, 1.54) is 12.1 Å². The minimum Gasteiger partial charge on any atom is -0.405 e. The number of hydrogen-bond acceptors (Lipinski definition) is 3. The van der Waals surface area contributed by atoms with Crippen LogP contribution in [-0.4, -0.2) is 22.2 Å². The number of aromatic nitrogens is 2. The summed E-state index contributed by atoms with van der Waals surface area (Å²) in [5.41, 5.74) is 1.30.